The largest absolute Gasteiger partial charge is 0.448 e. The number of rotatable bonds is 2. The van der Waals surface area contributed by atoms with Crippen LogP contribution >= 0.6 is 0 Å². The maximum absolute atomic E-state index is 5.61. The molecule has 0 spiro atoms. The van der Waals surface area contributed by atoms with E-state index in [1.54, 1.807) is 0 Å². The molecule has 1 unspecified atom stereocenters. The molecule has 0 aliphatic carbocycles. The Hall–Kier alpha value is -0.870. The van der Waals surface area contributed by atoms with Crippen LogP contribution in [0.5, 0.6) is 0 Å². The Morgan fingerprint density at radius 3 is 2.81 bits per heavy atom. The molecule has 2 aliphatic rings. The van der Waals surface area contributed by atoms with Crippen molar-refractivity contribution in [2.45, 2.75) is 31.1 Å². The van der Waals surface area contributed by atoms with Gasteiger partial charge < -0.3 is 14.5 Å². The molecule has 3 rings (SSSR count). The molecule has 16 heavy (non-hydrogen) atoms. The van der Waals surface area contributed by atoms with Crippen LogP contribution in [0.3, 0.4) is 0 Å². The van der Waals surface area contributed by atoms with E-state index in [0.29, 0.717) is 11.8 Å². The topological polar surface area (TPSA) is 47.3 Å². The first-order valence-electron chi connectivity index (χ1n) is 6.17. The molecule has 1 aromatic rings. The Bertz CT molecular complexity index is 339. The van der Waals surface area contributed by atoms with Crippen LogP contribution in [-0.2, 0) is 4.74 Å². The van der Waals surface area contributed by atoms with Crippen LogP contribution in [0.2, 0.25) is 0 Å². The predicted molar refractivity (Wildman–Crippen MR) is 59.5 cm³/mol. The zero-order valence-corrected chi connectivity index (χ0v) is 9.45. The summed E-state index contributed by atoms with van der Waals surface area (Å²) in [5.41, 5.74) is 1.13. The molecule has 1 N–H and O–H groups in total. The Balaban J connectivity index is 1.71. The lowest BCUT2D eigenvalue weighted by Crippen LogP contribution is -2.14. The summed E-state index contributed by atoms with van der Waals surface area (Å²) in [6.07, 6.45) is 5.15. The Morgan fingerprint density at radius 1 is 1.19 bits per heavy atom. The second kappa shape index (κ2) is 4.55. The number of nitrogens with one attached hydrogen (secondary N) is 1. The van der Waals surface area contributed by atoms with E-state index in [0.717, 1.165) is 57.2 Å². The summed E-state index contributed by atoms with van der Waals surface area (Å²) in [6.45, 7) is 3.81. The Kier molecular flexibility index (Phi) is 2.93. The van der Waals surface area contributed by atoms with E-state index in [9.17, 15) is 0 Å². The fourth-order valence-electron chi connectivity index (χ4n) is 2.53. The lowest BCUT2D eigenvalue weighted by atomic mass is 9.97. The average Bonchev–Trinajstić information content (AvgIpc) is 3.01. The van der Waals surface area contributed by atoms with Crippen molar-refractivity contribution in [2.24, 2.45) is 0 Å². The smallest absolute Gasteiger partial charge is 0.198 e. The summed E-state index contributed by atoms with van der Waals surface area (Å²) in [4.78, 5) is 4.65. The summed E-state index contributed by atoms with van der Waals surface area (Å²) >= 11 is 0. The first kappa shape index (κ1) is 10.3. The third-order valence-electron chi connectivity index (χ3n) is 3.59. The van der Waals surface area contributed by atoms with Crippen molar-refractivity contribution < 1.29 is 9.15 Å². The van der Waals surface area contributed by atoms with Crippen LogP contribution in [0.15, 0.2) is 10.7 Å². The third-order valence-corrected chi connectivity index (χ3v) is 3.59. The van der Waals surface area contributed by atoms with Crippen molar-refractivity contribution in [3.05, 3.63) is 17.8 Å². The molecule has 4 nitrogen and oxygen atoms in total. The lowest BCUT2D eigenvalue weighted by Gasteiger charge is -2.19. The predicted octanol–water partition coefficient (Wildman–Crippen LogP) is 1.65. The minimum Gasteiger partial charge on any atom is -0.448 e. The van der Waals surface area contributed by atoms with E-state index in [-0.39, 0.29) is 0 Å². The second-order valence-corrected chi connectivity index (χ2v) is 4.69. The molecule has 4 heteroatoms. The molecule has 2 fully saturated rings. The molecule has 88 valence electrons. The van der Waals surface area contributed by atoms with E-state index in [2.05, 4.69) is 10.3 Å². The van der Waals surface area contributed by atoms with E-state index in [4.69, 9.17) is 9.15 Å². The molecule has 1 atom stereocenters. The monoisotopic (exact) mass is 222 g/mol. The van der Waals surface area contributed by atoms with Crippen LogP contribution in [0, 0.1) is 0 Å². The van der Waals surface area contributed by atoms with Gasteiger partial charge in [-0.1, -0.05) is 0 Å². The Morgan fingerprint density at radius 2 is 2.06 bits per heavy atom. The number of ether oxygens (including phenoxy) is 1. The van der Waals surface area contributed by atoms with Gasteiger partial charge in [-0.3, -0.25) is 0 Å². The molecule has 3 heterocycles. The number of hydrogen-bond acceptors (Lipinski definition) is 4. The van der Waals surface area contributed by atoms with Crippen LogP contribution in [0.1, 0.15) is 42.7 Å². The second-order valence-electron chi connectivity index (χ2n) is 4.69. The van der Waals surface area contributed by atoms with E-state index >= 15 is 0 Å². The van der Waals surface area contributed by atoms with Crippen molar-refractivity contribution in [1.82, 2.24) is 10.3 Å². The zero-order valence-electron chi connectivity index (χ0n) is 9.45. The molecule has 0 aromatic carbocycles. The highest BCUT2D eigenvalue weighted by atomic mass is 16.5. The quantitative estimate of drug-likeness (QED) is 0.826. The minimum atomic E-state index is 0.480. The number of hydrogen-bond donors (Lipinski definition) is 1. The van der Waals surface area contributed by atoms with Gasteiger partial charge in [0.1, 0.15) is 6.26 Å². The van der Waals surface area contributed by atoms with Crippen LogP contribution in [0.25, 0.3) is 0 Å². The normalized spacial score (nSPS) is 27.4. The number of aromatic nitrogens is 1. The average molecular weight is 222 g/mol. The summed E-state index contributed by atoms with van der Waals surface area (Å²) in [6, 6.07) is 0. The van der Waals surface area contributed by atoms with Gasteiger partial charge in [-0.05, 0) is 25.8 Å². The van der Waals surface area contributed by atoms with Gasteiger partial charge in [-0.2, -0.15) is 0 Å². The van der Waals surface area contributed by atoms with Crippen molar-refractivity contribution in [3.63, 3.8) is 0 Å². The fourth-order valence-corrected chi connectivity index (χ4v) is 2.53. The van der Waals surface area contributed by atoms with Gasteiger partial charge in [0.05, 0.1) is 5.69 Å². The standard InChI is InChI=1S/C12H18N2O2/c1-4-13-7-10(1)12-14-11(8-16-12)9-2-5-15-6-3-9/h8-10,13H,1-7H2. The summed E-state index contributed by atoms with van der Waals surface area (Å²) in [5, 5.41) is 3.34. The fraction of sp³-hybridized carbons (Fsp3) is 0.750. The summed E-state index contributed by atoms with van der Waals surface area (Å²) in [7, 11) is 0. The van der Waals surface area contributed by atoms with Crippen molar-refractivity contribution >= 4 is 0 Å². The summed E-state index contributed by atoms with van der Waals surface area (Å²) in [5.74, 6) is 1.95. The van der Waals surface area contributed by atoms with E-state index in [1.807, 2.05) is 6.26 Å². The highest BCUT2D eigenvalue weighted by Crippen LogP contribution is 2.29. The van der Waals surface area contributed by atoms with Gasteiger partial charge in [0.15, 0.2) is 5.89 Å². The molecular formula is C12H18N2O2. The molecular weight excluding hydrogens is 204 g/mol. The van der Waals surface area contributed by atoms with Crippen LogP contribution in [0.4, 0.5) is 0 Å². The van der Waals surface area contributed by atoms with Gasteiger partial charge >= 0.3 is 0 Å². The number of nitrogens with zero attached hydrogens (tertiary/aromatic N) is 1. The van der Waals surface area contributed by atoms with Gasteiger partial charge in [0.25, 0.3) is 0 Å². The zero-order chi connectivity index (χ0) is 10.8. The van der Waals surface area contributed by atoms with E-state index in [1.165, 1.54) is 0 Å². The van der Waals surface area contributed by atoms with Crippen LogP contribution in [-0.4, -0.2) is 31.3 Å². The van der Waals surface area contributed by atoms with Crippen molar-refractivity contribution in [1.29, 1.82) is 0 Å². The van der Waals surface area contributed by atoms with Crippen molar-refractivity contribution in [2.75, 3.05) is 26.3 Å². The summed E-state index contributed by atoms with van der Waals surface area (Å²) < 4.78 is 11.0. The molecule has 1 aromatic heterocycles. The molecule has 0 bridgehead atoms. The highest BCUT2D eigenvalue weighted by Gasteiger charge is 2.24. The molecule has 0 saturated carbocycles. The Labute approximate surface area is 95.4 Å². The first-order valence-corrected chi connectivity index (χ1v) is 6.17. The SMILES string of the molecule is c1oc(C2CCNC2)nc1C1CCOCC1. The van der Waals surface area contributed by atoms with Gasteiger partial charge in [0.2, 0.25) is 0 Å². The minimum absolute atomic E-state index is 0.480. The third kappa shape index (κ3) is 1.99. The maximum Gasteiger partial charge on any atom is 0.198 e. The van der Waals surface area contributed by atoms with Crippen LogP contribution < -0.4 is 5.32 Å². The number of oxazole rings is 1. The highest BCUT2D eigenvalue weighted by molar-refractivity contribution is 5.08. The van der Waals surface area contributed by atoms with E-state index < -0.39 is 0 Å². The molecule has 0 amide bonds. The lowest BCUT2D eigenvalue weighted by molar-refractivity contribution is 0.0845. The first-order chi connectivity index (χ1) is 7.93. The van der Waals surface area contributed by atoms with Crippen molar-refractivity contribution in [3.8, 4) is 0 Å². The molecule has 2 saturated heterocycles. The van der Waals surface area contributed by atoms with Gasteiger partial charge in [-0.15, -0.1) is 0 Å². The molecule has 2 aliphatic heterocycles. The van der Waals surface area contributed by atoms with Gasteiger partial charge in [0, 0.05) is 31.6 Å². The van der Waals surface area contributed by atoms with Gasteiger partial charge in [-0.25, -0.2) is 4.98 Å². The maximum atomic E-state index is 5.61. The molecule has 0 radical (unpaired) electrons.